The molecule has 27 heavy (non-hydrogen) atoms. The molecule has 2 aromatic carbocycles. The van der Waals surface area contributed by atoms with Gasteiger partial charge in [-0.15, -0.1) is 0 Å². The molecular formula is C22H24FNO3. The van der Waals surface area contributed by atoms with Crippen LogP contribution in [0.2, 0.25) is 0 Å². The van der Waals surface area contributed by atoms with Gasteiger partial charge in [-0.1, -0.05) is 30.3 Å². The molecule has 1 saturated heterocycles. The first-order valence-corrected chi connectivity index (χ1v) is 9.57. The van der Waals surface area contributed by atoms with E-state index in [-0.39, 0.29) is 30.3 Å². The highest BCUT2D eigenvalue weighted by Crippen LogP contribution is 2.32. The molecule has 2 aromatic rings. The highest BCUT2D eigenvalue weighted by Gasteiger charge is 2.31. The third kappa shape index (κ3) is 4.04. The molecule has 0 spiro atoms. The number of anilines is 1. The Balaban J connectivity index is 1.59. The lowest BCUT2D eigenvalue weighted by Crippen LogP contribution is -2.44. The van der Waals surface area contributed by atoms with E-state index in [0.29, 0.717) is 25.5 Å². The Morgan fingerprint density at radius 3 is 2.70 bits per heavy atom. The highest BCUT2D eigenvalue weighted by atomic mass is 19.1. The molecule has 2 heterocycles. The summed E-state index contributed by atoms with van der Waals surface area (Å²) in [6.45, 7) is 1.85. The molecule has 1 unspecified atom stereocenters. The van der Waals surface area contributed by atoms with Gasteiger partial charge >= 0.3 is 0 Å². The van der Waals surface area contributed by atoms with Gasteiger partial charge in [0.15, 0.2) is 0 Å². The summed E-state index contributed by atoms with van der Waals surface area (Å²) < 4.78 is 25.2. The Hall–Kier alpha value is -2.24. The molecule has 1 atom stereocenters. The average Bonchev–Trinajstić information content (AvgIpc) is 2.69. The second-order valence-electron chi connectivity index (χ2n) is 7.10. The normalized spacial score (nSPS) is 20.1. The molecule has 1 fully saturated rings. The van der Waals surface area contributed by atoms with E-state index in [2.05, 4.69) is 6.07 Å². The zero-order valence-electron chi connectivity index (χ0n) is 15.3. The second-order valence-corrected chi connectivity index (χ2v) is 7.10. The summed E-state index contributed by atoms with van der Waals surface area (Å²) >= 11 is 0. The number of rotatable bonds is 4. The molecule has 4 rings (SSSR count). The third-order valence-electron chi connectivity index (χ3n) is 5.36. The van der Waals surface area contributed by atoms with Gasteiger partial charge in [0.1, 0.15) is 5.82 Å². The van der Waals surface area contributed by atoms with E-state index < -0.39 is 0 Å². The quantitative estimate of drug-likeness (QED) is 0.816. The summed E-state index contributed by atoms with van der Waals surface area (Å²) in [5.74, 6) is -0.370. The summed E-state index contributed by atoms with van der Waals surface area (Å²) in [6, 6.07) is 14.4. The number of carbonyl (C=O) groups excluding carboxylic acids is 1. The molecule has 0 aromatic heterocycles. The zero-order chi connectivity index (χ0) is 18.6. The number of hydrogen-bond acceptors (Lipinski definition) is 3. The molecule has 0 radical (unpaired) electrons. The fourth-order valence-electron chi connectivity index (χ4n) is 4.03. The van der Waals surface area contributed by atoms with Crippen LogP contribution in [-0.2, 0) is 20.7 Å². The van der Waals surface area contributed by atoms with Crippen LogP contribution < -0.4 is 4.90 Å². The van der Waals surface area contributed by atoms with Crippen molar-refractivity contribution in [2.24, 2.45) is 0 Å². The lowest BCUT2D eigenvalue weighted by molar-refractivity contribution is -0.122. The smallest absolute Gasteiger partial charge is 0.230 e. The van der Waals surface area contributed by atoms with Crippen molar-refractivity contribution in [2.45, 2.75) is 37.8 Å². The predicted molar refractivity (Wildman–Crippen MR) is 101 cm³/mol. The van der Waals surface area contributed by atoms with Gasteiger partial charge in [0, 0.05) is 24.9 Å². The fraction of sp³-hybridized carbons (Fsp3) is 0.409. The van der Waals surface area contributed by atoms with Crippen molar-refractivity contribution in [2.75, 3.05) is 24.7 Å². The van der Waals surface area contributed by atoms with E-state index >= 15 is 0 Å². The minimum Gasteiger partial charge on any atom is -0.381 e. The van der Waals surface area contributed by atoms with Gasteiger partial charge in [0.2, 0.25) is 5.91 Å². The molecule has 0 aliphatic carbocycles. The number of nitrogens with zero attached hydrogens (tertiary/aromatic N) is 1. The maximum atomic E-state index is 13.8. The van der Waals surface area contributed by atoms with Crippen LogP contribution in [0, 0.1) is 5.82 Å². The van der Waals surface area contributed by atoms with Gasteiger partial charge in [-0.3, -0.25) is 4.79 Å². The SMILES string of the molecule is O=C(CC1OCCc2ccccc21)N(c1cccc(F)c1)C1CCOCC1. The average molecular weight is 369 g/mol. The standard InChI is InChI=1S/C22H24FNO3/c23-17-5-3-6-19(14-17)24(18-9-11-26-12-10-18)22(25)15-21-20-7-2-1-4-16(20)8-13-27-21/h1-7,14,18,21H,8-13,15H2. The molecular weight excluding hydrogens is 345 g/mol. The van der Waals surface area contributed by atoms with E-state index in [1.807, 2.05) is 18.2 Å². The van der Waals surface area contributed by atoms with Crippen molar-refractivity contribution in [1.29, 1.82) is 0 Å². The molecule has 5 heteroatoms. The van der Waals surface area contributed by atoms with Crippen molar-refractivity contribution in [3.63, 3.8) is 0 Å². The third-order valence-corrected chi connectivity index (χ3v) is 5.36. The summed E-state index contributed by atoms with van der Waals surface area (Å²) in [6.07, 6.45) is 2.38. The van der Waals surface area contributed by atoms with Crippen LogP contribution >= 0.6 is 0 Å². The van der Waals surface area contributed by atoms with Gasteiger partial charge in [0.05, 0.1) is 19.1 Å². The van der Waals surface area contributed by atoms with E-state index in [0.717, 1.165) is 24.8 Å². The van der Waals surface area contributed by atoms with Crippen LogP contribution in [0.25, 0.3) is 0 Å². The van der Waals surface area contributed by atoms with Gasteiger partial charge in [-0.2, -0.15) is 0 Å². The van der Waals surface area contributed by atoms with Crippen molar-refractivity contribution >= 4 is 11.6 Å². The van der Waals surface area contributed by atoms with Crippen LogP contribution in [0.5, 0.6) is 0 Å². The molecule has 4 nitrogen and oxygen atoms in total. The minimum atomic E-state index is -0.336. The first-order chi connectivity index (χ1) is 13.2. The zero-order valence-corrected chi connectivity index (χ0v) is 15.3. The molecule has 2 aliphatic rings. The number of halogens is 1. The summed E-state index contributed by atoms with van der Waals surface area (Å²) in [7, 11) is 0. The van der Waals surface area contributed by atoms with Crippen molar-refractivity contribution in [3.8, 4) is 0 Å². The minimum absolute atomic E-state index is 0.0203. The van der Waals surface area contributed by atoms with Crippen molar-refractivity contribution < 1.29 is 18.7 Å². The van der Waals surface area contributed by atoms with Gasteiger partial charge in [-0.25, -0.2) is 4.39 Å². The maximum absolute atomic E-state index is 13.8. The van der Waals surface area contributed by atoms with Crippen LogP contribution in [0.4, 0.5) is 10.1 Å². The number of benzene rings is 2. The van der Waals surface area contributed by atoms with Crippen LogP contribution in [-0.4, -0.2) is 31.8 Å². The Labute approximate surface area is 158 Å². The molecule has 0 N–H and O–H groups in total. The van der Waals surface area contributed by atoms with Gasteiger partial charge in [-0.05, 0) is 48.6 Å². The lowest BCUT2D eigenvalue weighted by atomic mass is 9.95. The van der Waals surface area contributed by atoms with E-state index in [9.17, 15) is 9.18 Å². The van der Waals surface area contributed by atoms with Gasteiger partial charge in [0.25, 0.3) is 0 Å². The first kappa shape index (κ1) is 18.1. The van der Waals surface area contributed by atoms with Crippen LogP contribution in [0.3, 0.4) is 0 Å². The first-order valence-electron chi connectivity index (χ1n) is 9.57. The van der Waals surface area contributed by atoms with Gasteiger partial charge < -0.3 is 14.4 Å². The molecule has 2 aliphatic heterocycles. The van der Waals surface area contributed by atoms with Crippen molar-refractivity contribution in [3.05, 3.63) is 65.5 Å². The van der Waals surface area contributed by atoms with E-state index in [4.69, 9.17) is 9.47 Å². The van der Waals surface area contributed by atoms with E-state index in [1.54, 1.807) is 17.0 Å². The highest BCUT2D eigenvalue weighted by molar-refractivity contribution is 5.94. The Kier molecular flexibility index (Phi) is 5.50. The number of fused-ring (bicyclic) bond motifs is 1. The van der Waals surface area contributed by atoms with E-state index in [1.165, 1.54) is 17.7 Å². The Morgan fingerprint density at radius 2 is 1.89 bits per heavy atom. The Morgan fingerprint density at radius 1 is 1.07 bits per heavy atom. The molecule has 142 valence electrons. The summed E-state index contributed by atoms with van der Waals surface area (Å²) in [5.41, 5.74) is 2.93. The Bertz CT molecular complexity index is 804. The summed E-state index contributed by atoms with van der Waals surface area (Å²) in [5, 5.41) is 0. The lowest BCUT2D eigenvalue weighted by Gasteiger charge is -2.36. The number of hydrogen-bond donors (Lipinski definition) is 0. The van der Waals surface area contributed by atoms with Crippen LogP contribution in [0.1, 0.15) is 36.5 Å². The summed E-state index contributed by atoms with van der Waals surface area (Å²) in [4.78, 5) is 15.1. The number of carbonyl (C=O) groups is 1. The number of amides is 1. The number of ether oxygens (including phenoxy) is 2. The van der Waals surface area contributed by atoms with Crippen LogP contribution in [0.15, 0.2) is 48.5 Å². The fourth-order valence-corrected chi connectivity index (χ4v) is 4.03. The molecule has 0 bridgehead atoms. The monoisotopic (exact) mass is 369 g/mol. The molecule has 1 amide bonds. The second kappa shape index (κ2) is 8.19. The van der Waals surface area contributed by atoms with Crippen molar-refractivity contribution in [1.82, 2.24) is 0 Å². The largest absolute Gasteiger partial charge is 0.381 e. The molecule has 0 saturated carbocycles. The maximum Gasteiger partial charge on any atom is 0.230 e. The predicted octanol–water partition coefficient (Wildman–Crippen LogP) is 4.04. The topological polar surface area (TPSA) is 38.8 Å².